The third-order valence-electron chi connectivity index (χ3n) is 7.71. The average Bonchev–Trinajstić information content (AvgIpc) is 3.30. The van der Waals surface area contributed by atoms with E-state index in [9.17, 15) is 14.4 Å². The first-order chi connectivity index (χ1) is 19.9. The van der Waals surface area contributed by atoms with Gasteiger partial charge in [-0.1, -0.05) is 84.8 Å². The molecule has 3 aliphatic rings. The van der Waals surface area contributed by atoms with Crippen molar-refractivity contribution in [3.63, 3.8) is 0 Å². The Bertz CT molecular complexity index is 1350. The van der Waals surface area contributed by atoms with Crippen LogP contribution in [0.1, 0.15) is 37.3 Å². The van der Waals surface area contributed by atoms with Crippen molar-refractivity contribution in [2.24, 2.45) is 0 Å². The first kappa shape index (κ1) is 29.2. The Balaban J connectivity index is 1.43. The molecule has 0 unspecified atom stereocenters. The van der Waals surface area contributed by atoms with Crippen LogP contribution in [0.2, 0.25) is 10.0 Å². The van der Waals surface area contributed by atoms with Crippen molar-refractivity contribution in [3.05, 3.63) is 93.5 Å². The Kier molecular flexibility index (Phi) is 9.32. The number of benzene rings is 2. The number of rotatable bonds is 9. The highest BCUT2D eigenvalue weighted by Crippen LogP contribution is 2.31. The lowest BCUT2D eigenvalue weighted by atomic mass is 10.00. The fraction of sp³-hybridized carbons (Fsp3) is 0.387. The summed E-state index contributed by atoms with van der Waals surface area (Å²) in [5.74, 6) is -0.311. The van der Waals surface area contributed by atoms with E-state index in [0.29, 0.717) is 36.0 Å². The van der Waals surface area contributed by atoms with Gasteiger partial charge in [0, 0.05) is 36.1 Å². The summed E-state index contributed by atoms with van der Waals surface area (Å²) in [5, 5.41) is 7.49. The summed E-state index contributed by atoms with van der Waals surface area (Å²) in [7, 11) is 0. The number of fused-ring (bicyclic) bond motifs is 1. The molecule has 2 heterocycles. The van der Waals surface area contributed by atoms with Crippen LogP contribution in [0, 0.1) is 0 Å². The lowest BCUT2D eigenvalue weighted by molar-refractivity contribution is -0.157. The summed E-state index contributed by atoms with van der Waals surface area (Å²) in [6, 6.07) is 14.0. The summed E-state index contributed by atoms with van der Waals surface area (Å²) in [5.41, 5.74) is 2.79. The van der Waals surface area contributed by atoms with E-state index < -0.39 is 12.2 Å². The van der Waals surface area contributed by atoms with Crippen molar-refractivity contribution in [2.75, 3.05) is 26.2 Å². The van der Waals surface area contributed by atoms with Crippen LogP contribution in [0.5, 0.6) is 0 Å². The molecule has 10 heteroatoms. The van der Waals surface area contributed by atoms with E-state index in [2.05, 4.69) is 17.5 Å². The predicted molar refractivity (Wildman–Crippen MR) is 160 cm³/mol. The maximum absolute atomic E-state index is 14.0. The highest BCUT2D eigenvalue weighted by molar-refractivity contribution is 6.35. The molecule has 5 rings (SSSR count). The molecule has 2 atom stereocenters. The van der Waals surface area contributed by atoms with E-state index in [-0.39, 0.29) is 37.5 Å². The molecule has 0 radical (unpaired) electrons. The highest BCUT2D eigenvalue weighted by Gasteiger charge is 2.52. The number of carbonyl (C=O) groups excluding carboxylic acids is 3. The number of piperazine rings is 1. The number of hydrogen-bond donors (Lipinski definition) is 1. The van der Waals surface area contributed by atoms with Gasteiger partial charge in [0.2, 0.25) is 11.8 Å². The molecule has 2 aromatic carbocycles. The minimum atomic E-state index is -0.705. The molecule has 216 valence electrons. The topological polar surface area (TPSA) is 76.2 Å². The zero-order valence-electron chi connectivity index (χ0n) is 23.1. The highest BCUT2D eigenvalue weighted by atomic mass is 35.5. The van der Waals surface area contributed by atoms with Crippen LogP contribution in [0.3, 0.4) is 0 Å². The molecule has 0 spiro atoms. The van der Waals surface area contributed by atoms with Gasteiger partial charge in [0.1, 0.15) is 12.2 Å². The minimum Gasteiger partial charge on any atom is -0.333 e. The van der Waals surface area contributed by atoms with Crippen molar-refractivity contribution in [3.8, 4) is 0 Å². The SMILES string of the molecule is CCCN(C(=O)NCC1=CCCC=C1)N1CC(=O)N2[C@@H](Cc3ccccc3)C(=O)N(Cc3ccc(Cl)cc3Cl)C[C@@H]21. The summed E-state index contributed by atoms with van der Waals surface area (Å²) in [6.45, 7) is 3.40. The lowest BCUT2D eigenvalue weighted by Gasteiger charge is -2.46. The van der Waals surface area contributed by atoms with Gasteiger partial charge in [0.25, 0.3) is 0 Å². The van der Waals surface area contributed by atoms with Gasteiger partial charge in [0.05, 0.1) is 13.1 Å². The third-order valence-corrected chi connectivity index (χ3v) is 8.30. The number of carbonyl (C=O) groups is 3. The molecule has 2 aromatic rings. The van der Waals surface area contributed by atoms with Crippen LogP contribution >= 0.6 is 23.2 Å². The number of amides is 4. The number of halogens is 2. The molecule has 2 saturated heterocycles. The normalized spacial score (nSPS) is 20.7. The zero-order chi connectivity index (χ0) is 28.9. The van der Waals surface area contributed by atoms with Crippen LogP contribution in [-0.2, 0) is 22.6 Å². The fourth-order valence-electron chi connectivity index (χ4n) is 5.71. The summed E-state index contributed by atoms with van der Waals surface area (Å²) < 4.78 is 0. The van der Waals surface area contributed by atoms with Gasteiger partial charge >= 0.3 is 6.03 Å². The number of urea groups is 1. The summed E-state index contributed by atoms with van der Waals surface area (Å²) in [4.78, 5) is 44.4. The van der Waals surface area contributed by atoms with E-state index in [1.165, 1.54) is 0 Å². The second-order valence-electron chi connectivity index (χ2n) is 10.6. The molecule has 41 heavy (non-hydrogen) atoms. The Labute approximate surface area is 251 Å². The maximum Gasteiger partial charge on any atom is 0.332 e. The van der Waals surface area contributed by atoms with E-state index in [1.807, 2.05) is 54.4 Å². The standard InChI is InChI=1S/C31H35Cl2N5O3/c1-2-15-36(31(41)34-18-23-11-7-4-8-12-23)37-21-29(39)38-27(16-22-9-5-3-6-10-22)30(40)35(20-28(37)38)19-24-13-14-25(32)17-26(24)33/h3,5-7,9-14,17,27-28H,2,4,8,15-16,18-21H2,1H3,(H,34,41)/t27-,28+/m0/s1. The van der Waals surface area contributed by atoms with E-state index >= 15 is 0 Å². The number of hydrazine groups is 1. The van der Waals surface area contributed by atoms with Crippen LogP contribution in [0.25, 0.3) is 0 Å². The molecule has 1 aliphatic carbocycles. The first-order valence-electron chi connectivity index (χ1n) is 14.1. The van der Waals surface area contributed by atoms with E-state index in [0.717, 1.165) is 29.5 Å². The van der Waals surface area contributed by atoms with Crippen LogP contribution in [-0.4, -0.2) is 76.0 Å². The molecule has 8 nitrogen and oxygen atoms in total. The Hall–Kier alpha value is -3.33. The van der Waals surface area contributed by atoms with Crippen LogP contribution in [0.15, 0.2) is 72.3 Å². The second-order valence-corrected chi connectivity index (χ2v) is 11.4. The van der Waals surface area contributed by atoms with Gasteiger partial charge in [-0.3, -0.25) is 14.6 Å². The van der Waals surface area contributed by atoms with Crippen molar-refractivity contribution in [1.29, 1.82) is 0 Å². The minimum absolute atomic E-state index is 0.0226. The lowest BCUT2D eigenvalue weighted by Crippen LogP contribution is -2.66. The zero-order valence-corrected chi connectivity index (χ0v) is 24.7. The fourth-order valence-corrected chi connectivity index (χ4v) is 6.18. The quantitative estimate of drug-likeness (QED) is 0.441. The van der Waals surface area contributed by atoms with Crippen molar-refractivity contribution in [1.82, 2.24) is 25.1 Å². The molecule has 0 bridgehead atoms. The molecular weight excluding hydrogens is 561 g/mol. The van der Waals surface area contributed by atoms with E-state index in [1.54, 1.807) is 26.9 Å². The van der Waals surface area contributed by atoms with Crippen molar-refractivity contribution >= 4 is 41.0 Å². The number of nitrogens with one attached hydrogen (secondary N) is 1. The largest absolute Gasteiger partial charge is 0.333 e. The predicted octanol–water partition coefficient (Wildman–Crippen LogP) is 5.03. The number of allylic oxidation sites excluding steroid dienone is 2. The molecule has 0 aromatic heterocycles. The van der Waals surface area contributed by atoms with Gasteiger partial charge in [-0.15, -0.1) is 0 Å². The van der Waals surface area contributed by atoms with Crippen LogP contribution < -0.4 is 5.32 Å². The van der Waals surface area contributed by atoms with Crippen LogP contribution in [0.4, 0.5) is 4.79 Å². The second kappa shape index (κ2) is 13.1. The first-order valence-corrected chi connectivity index (χ1v) is 14.9. The van der Waals surface area contributed by atoms with Crippen molar-refractivity contribution in [2.45, 2.75) is 51.4 Å². The Morgan fingerprint density at radius 1 is 1.10 bits per heavy atom. The summed E-state index contributed by atoms with van der Waals surface area (Å²) in [6.07, 6.45) is 8.84. The average molecular weight is 597 g/mol. The molecule has 2 aliphatic heterocycles. The van der Waals surface area contributed by atoms with Crippen molar-refractivity contribution < 1.29 is 14.4 Å². The summed E-state index contributed by atoms with van der Waals surface area (Å²) >= 11 is 12.6. The number of hydrogen-bond acceptors (Lipinski definition) is 4. The molecule has 4 amide bonds. The molecule has 1 N–H and O–H groups in total. The number of nitrogens with zero attached hydrogens (tertiary/aromatic N) is 4. The van der Waals surface area contributed by atoms with Gasteiger partial charge in [0.15, 0.2) is 0 Å². The van der Waals surface area contributed by atoms with Gasteiger partial charge in [-0.05, 0) is 48.1 Å². The molecule has 2 fully saturated rings. The Morgan fingerprint density at radius 2 is 1.90 bits per heavy atom. The Morgan fingerprint density at radius 3 is 2.61 bits per heavy atom. The van der Waals surface area contributed by atoms with Gasteiger partial charge in [-0.2, -0.15) is 5.01 Å². The van der Waals surface area contributed by atoms with Gasteiger partial charge < -0.3 is 15.1 Å². The van der Waals surface area contributed by atoms with Gasteiger partial charge in [-0.25, -0.2) is 4.79 Å². The molecule has 0 saturated carbocycles. The maximum atomic E-state index is 14.0. The monoisotopic (exact) mass is 595 g/mol. The smallest absolute Gasteiger partial charge is 0.332 e. The van der Waals surface area contributed by atoms with E-state index in [4.69, 9.17) is 23.2 Å². The third kappa shape index (κ3) is 6.61. The molecular formula is C31H35Cl2N5O3.